The van der Waals surface area contributed by atoms with Gasteiger partial charge in [-0.2, -0.15) is 0 Å². The first-order valence-corrected chi connectivity index (χ1v) is 5.66. The molecule has 2 aromatic rings. The molecule has 2 heterocycles. The number of halogens is 1. The molecule has 0 aromatic carbocycles. The number of hydrogen-bond acceptors (Lipinski definition) is 4. The summed E-state index contributed by atoms with van der Waals surface area (Å²) in [7, 11) is 1.89. The van der Waals surface area contributed by atoms with Gasteiger partial charge in [0.05, 0.1) is 0 Å². The Morgan fingerprint density at radius 1 is 1.12 bits per heavy atom. The molecule has 82 valence electrons. The Balaban J connectivity index is 2.24. The van der Waals surface area contributed by atoms with Gasteiger partial charge in [-0.15, -0.1) is 0 Å². The van der Waals surface area contributed by atoms with Crippen molar-refractivity contribution in [3.05, 3.63) is 40.8 Å². The third-order valence-corrected chi connectivity index (χ3v) is 2.51. The maximum atomic E-state index is 4.27. The molecule has 0 aliphatic rings. The van der Waals surface area contributed by atoms with Crippen LogP contribution < -0.4 is 5.32 Å². The van der Waals surface area contributed by atoms with Gasteiger partial charge in [-0.05, 0) is 35.1 Å². The van der Waals surface area contributed by atoms with Crippen LogP contribution >= 0.6 is 15.9 Å². The van der Waals surface area contributed by atoms with Crippen molar-refractivity contribution >= 4 is 15.9 Å². The Morgan fingerprint density at radius 3 is 2.44 bits per heavy atom. The molecule has 5 heteroatoms. The third-order valence-electron chi connectivity index (χ3n) is 2.04. The van der Waals surface area contributed by atoms with Crippen LogP contribution in [0.5, 0.6) is 0 Å². The monoisotopic (exact) mass is 278 g/mol. The summed E-state index contributed by atoms with van der Waals surface area (Å²) >= 11 is 3.34. The summed E-state index contributed by atoms with van der Waals surface area (Å²) in [6.45, 7) is 0.772. The fourth-order valence-electron chi connectivity index (χ4n) is 1.29. The predicted octanol–water partition coefficient (Wildman–Crippen LogP) is 2.02. The Kier molecular flexibility index (Phi) is 3.58. The van der Waals surface area contributed by atoms with E-state index in [1.807, 2.05) is 31.6 Å². The SMILES string of the molecule is CNCc1cnc(-c2ccc(Br)cn2)nc1. The van der Waals surface area contributed by atoms with E-state index >= 15 is 0 Å². The highest BCUT2D eigenvalue weighted by Gasteiger charge is 2.02. The molecular weight excluding hydrogens is 268 g/mol. The maximum Gasteiger partial charge on any atom is 0.178 e. The first-order chi connectivity index (χ1) is 7.79. The van der Waals surface area contributed by atoms with Gasteiger partial charge in [0, 0.05) is 35.2 Å². The van der Waals surface area contributed by atoms with Crippen LogP contribution in [0.15, 0.2) is 35.2 Å². The molecule has 0 fully saturated rings. The lowest BCUT2D eigenvalue weighted by atomic mass is 10.3. The number of nitrogens with one attached hydrogen (secondary N) is 1. The van der Waals surface area contributed by atoms with Crippen molar-refractivity contribution in [2.75, 3.05) is 7.05 Å². The van der Waals surface area contributed by atoms with Crippen molar-refractivity contribution in [3.8, 4) is 11.5 Å². The van der Waals surface area contributed by atoms with E-state index in [2.05, 4.69) is 36.2 Å². The van der Waals surface area contributed by atoms with Crippen LogP contribution in [0, 0.1) is 0 Å². The third kappa shape index (κ3) is 2.62. The number of nitrogens with zero attached hydrogens (tertiary/aromatic N) is 3. The normalized spacial score (nSPS) is 10.4. The Hall–Kier alpha value is -1.33. The quantitative estimate of drug-likeness (QED) is 0.933. The average Bonchev–Trinajstić information content (AvgIpc) is 2.32. The molecule has 0 aliphatic carbocycles. The molecule has 0 atom stereocenters. The van der Waals surface area contributed by atoms with Gasteiger partial charge in [-0.3, -0.25) is 4.98 Å². The van der Waals surface area contributed by atoms with Crippen molar-refractivity contribution in [1.29, 1.82) is 0 Å². The fourth-order valence-corrected chi connectivity index (χ4v) is 1.53. The lowest BCUT2D eigenvalue weighted by molar-refractivity contribution is 0.807. The summed E-state index contributed by atoms with van der Waals surface area (Å²) < 4.78 is 0.947. The fraction of sp³-hybridized carbons (Fsp3) is 0.182. The molecule has 0 aliphatic heterocycles. The number of aromatic nitrogens is 3. The van der Waals surface area contributed by atoms with Crippen molar-refractivity contribution in [1.82, 2.24) is 20.3 Å². The van der Waals surface area contributed by atoms with Crippen molar-refractivity contribution in [3.63, 3.8) is 0 Å². The topological polar surface area (TPSA) is 50.7 Å². The van der Waals surface area contributed by atoms with Gasteiger partial charge in [0.1, 0.15) is 5.69 Å². The molecule has 16 heavy (non-hydrogen) atoms. The van der Waals surface area contributed by atoms with Crippen LogP contribution in [-0.2, 0) is 6.54 Å². The first kappa shape index (κ1) is 11.2. The highest BCUT2D eigenvalue weighted by molar-refractivity contribution is 9.10. The van der Waals surface area contributed by atoms with E-state index in [4.69, 9.17) is 0 Å². The molecular formula is C11H11BrN4. The zero-order chi connectivity index (χ0) is 11.4. The minimum atomic E-state index is 0.646. The maximum absolute atomic E-state index is 4.27. The summed E-state index contributed by atoms with van der Waals surface area (Å²) in [5.41, 5.74) is 1.84. The molecule has 0 bridgehead atoms. The van der Waals surface area contributed by atoms with Crippen LogP contribution in [0.2, 0.25) is 0 Å². The number of hydrogen-bond donors (Lipinski definition) is 1. The van der Waals surface area contributed by atoms with Crippen molar-refractivity contribution < 1.29 is 0 Å². The van der Waals surface area contributed by atoms with Crippen LogP contribution in [0.3, 0.4) is 0 Å². The average molecular weight is 279 g/mol. The van der Waals surface area contributed by atoms with E-state index in [0.717, 1.165) is 22.3 Å². The van der Waals surface area contributed by atoms with Crippen LogP contribution in [-0.4, -0.2) is 22.0 Å². The van der Waals surface area contributed by atoms with E-state index < -0.39 is 0 Å². The van der Waals surface area contributed by atoms with Crippen LogP contribution in [0.25, 0.3) is 11.5 Å². The first-order valence-electron chi connectivity index (χ1n) is 4.87. The van der Waals surface area contributed by atoms with E-state index in [1.165, 1.54) is 0 Å². The molecule has 0 amide bonds. The Morgan fingerprint density at radius 2 is 1.88 bits per heavy atom. The van der Waals surface area contributed by atoms with Gasteiger partial charge in [0.25, 0.3) is 0 Å². The van der Waals surface area contributed by atoms with Crippen molar-refractivity contribution in [2.45, 2.75) is 6.54 Å². The van der Waals surface area contributed by atoms with Gasteiger partial charge >= 0.3 is 0 Å². The molecule has 0 spiro atoms. The molecule has 0 saturated heterocycles. The second-order valence-electron chi connectivity index (χ2n) is 3.31. The summed E-state index contributed by atoms with van der Waals surface area (Å²) in [6.07, 6.45) is 5.35. The van der Waals surface area contributed by atoms with Gasteiger partial charge < -0.3 is 5.32 Å². The van der Waals surface area contributed by atoms with Gasteiger partial charge in [-0.1, -0.05) is 0 Å². The van der Waals surface area contributed by atoms with E-state index in [0.29, 0.717) is 5.82 Å². The molecule has 1 N–H and O–H groups in total. The van der Waals surface area contributed by atoms with E-state index in [9.17, 15) is 0 Å². The summed E-state index contributed by atoms with van der Waals surface area (Å²) in [4.78, 5) is 12.8. The molecule has 0 radical (unpaired) electrons. The number of pyridine rings is 1. The smallest absolute Gasteiger partial charge is 0.178 e. The summed E-state index contributed by atoms with van der Waals surface area (Å²) in [5, 5.41) is 3.05. The second kappa shape index (κ2) is 5.14. The highest BCUT2D eigenvalue weighted by atomic mass is 79.9. The minimum Gasteiger partial charge on any atom is -0.316 e. The molecule has 0 unspecified atom stereocenters. The highest BCUT2D eigenvalue weighted by Crippen LogP contribution is 2.14. The van der Waals surface area contributed by atoms with E-state index in [-0.39, 0.29) is 0 Å². The lowest BCUT2D eigenvalue weighted by Gasteiger charge is -2.01. The van der Waals surface area contributed by atoms with Gasteiger partial charge in [0.15, 0.2) is 5.82 Å². The van der Waals surface area contributed by atoms with E-state index in [1.54, 1.807) is 6.20 Å². The van der Waals surface area contributed by atoms with Gasteiger partial charge in [-0.25, -0.2) is 9.97 Å². The molecule has 0 saturated carbocycles. The summed E-state index contributed by atoms with van der Waals surface area (Å²) in [5.74, 6) is 0.646. The second-order valence-corrected chi connectivity index (χ2v) is 4.22. The standard InChI is InChI=1S/C11H11BrN4/c1-13-4-8-5-15-11(16-6-8)10-3-2-9(12)7-14-10/h2-3,5-7,13H,4H2,1H3. The zero-order valence-electron chi connectivity index (χ0n) is 8.81. The van der Waals surface area contributed by atoms with Crippen LogP contribution in [0.4, 0.5) is 0 Å². The largest absolute Gasteiger partial charge is 0.316 e. The summed E-state index contributed by atoms with van der Waals surface area (Å²) in [6, 6.07) is 3.81. The predicted molar refractivity (Wildman–Crippen MR) is 65.7 cm³/mol. The lowest BCUT2D eigenvalue weighted by Crippen LogP contribution is -2.06. The zero-order valence-corrected chi connectivity index (χ0v) is 10.4. The Bertz CT molecular complexity index is 452. The molecule has 2 aromatic heterocycles. The Labute approximate surface area is 102 Å². The minimum absolute atomic E-state index is 0.646. The van der Waals surface area contributed by atoms with Gasteiger partial charge in [0.2, 0.25) is 0 Å². The van der Waals surface area contributed by atoms with Crippen LogP contribution in [0.1, 0.15) is 5.56 Å². The number of rotatable bonds is 3. The molecule has 2 rings (SSSR count). The molecule has 4 nitrogen and oxygen atoms in total. The van der Waals surface area contributed by atoms with Crippen molar-refractivity contribution in [2.24, 2.45) is 0 Å².